The fourth-order valence-electron chi connectivity index (χ4n) is 3.65. The summed E-state index contributed by atoms with van der Waals surface area (Å²) in [5.74, 6) is -0.131. The molecule has 0 saturated heterocycles. The maximum atomic E-state index is 13.2. The minimum atomic E-state index is -0.205. The number of Topliss-reactive ketones (excluding diaryl/α,β-unsaturated/α-hetero) is 1. The number of fused-ring (bicyclic) bond motifs is 1. The average Bonchev–Trinajstić information content (AvgIpc) is 3.27. The SMILES string of the molecule is O=C(Cn1cnc2scc(-c3ccc(Br)cc3)c2c1=O)c1ccc(-c2ccccc2)cc1. The van der Waals surface area contributed by atoms with E-state index < -0.39 is 0 Å². The third-order valence-electron chi connectivity index (χ3n) is 5.34. The molecule has 2 heterocycles. The molecule has 0 bridgehead atoms. The number of ketones is 1. The van der Waals surface area contributed by atoms with E-state index in [1.54, 1.807) is 12.1 Å². The van der Waals surface area contributed by atoms with Crippen molar-refractivity contribution >= 4 is 43.3 Å². The van der Waals surface area contributed by atoms with Crippen LogP contribution in [0.5, 0.6) is 0 Å². The van der Waals surface area contributed by atoms with Gasteiger partial charge in [-0.3, -0.25) is 14.2 Å². The van der Waals surface area contributed by atoms with Gasteiger partial charge in [-0.1, -0.05) is 82.7 Å². The Morgan fingerprint density at radius 1 is 0.875 bits per heavy atom. The molecule has 0 aliphatic heterocycles. The Morgan fingerprint density at radius 2 is 1.53 bits per heavy atom. The van der Waals surface area contributed by atoms with Crippen molar-refractivity contribution in [1.82, 2.24) is 9.55 Å². The second-order valence-electron chi connectivity index (χ2n) is 7.38. The molecule has 3 aromatic carbocycles. The average molecular weight is 501 g/mol. The van der Waals surface area contributed by atoms with Crippen LogP contribution in [0, 0.1) is 0 Å². The standard InChI is InChI=1S/C26H17BrN2O2S/c27-21-12-10-19(11-13-21)22-15-32-25-24(22)26(31)29(16-28-25)14-23(30)20-8-6-18(7-9-20)17-4-2-1-3-5-17/h1-13,15-16H,14H2. The van der Waals surface area contributed by atoms with Gasteiger partial charge < -0.3 is 0 Å². The van der Waals surface area contributed by atoms with Gasteiger partial charge in [0.05, 0.1) is 18.3 Å². The number of hydrogen-bond acceptors (Lipinski definition) is 4. The number of benzene rings is 3. The summed E-state index contributed by atoms with van der Waals surface area (Å²) in [5.41, 5.74) is 4.27. The second-order valence-corrected chi connectivity index (χ2v) is 9.15. The van der Waals surface area contributed by atoms with E-state index in [9.17, 15) is 9.59 Å². The molecule has 0 aliphatic carbocycles. The van der Waals surface area contributed by atoms with Gasteiger partial charge in [-0.2, -0.15) is 0 Å². The Kier molecular flexibility index (Phi) is 5.55. The van der Waals surface area contributed by atoms with Crippen molar-refractivity contribution in [1.29, 1.82) is 0 Å². The van der Waals surface area contributed by atoms with Gasteiger partial charge in [0, 0.05) is 21.0 Å². The fourth-order valence-corrected chi connectivity index (χ4v) is 4.82. The van der Waals surface area contributed by atoms with Crippen LogP contribution >= 0.6 is 27.3 Å². The molecule has 2 aromatic heterocycles. The molecule has 0 saturated carbocycles. The van der Waals surface area contributed by atoms with E-state index >= 15 is 0 Å². The monoisotopic (exact) mass is 500 g/mol. The topological polar surface area (TPSA) is 52.0 Å². The van der Waals surface area contributed by atoms with Gasteiger partial charge >= 0.3 is 0 Å². The first-order valence-electron chi connectivity index (χ1n) is 10.0. The number of halogens is 1. The van der Waals surface area contributed by atoms with Crippen molar-refractivity contribution < 1.29 is 4.79 Å². The largest absolute Gasteiger partial charge is 0.292 e. The van der Waals surface area contributed by atoms with Gasteiger partial charge in [0.2, 0.25) is 0 Å². The number of carbonyl (C=O) groups is 1. The molecular formula is C26H17BrN2O2S. The lowest BCUT2D eigenvalue weighted by Gasteiger charge is -2.07. The van der Waals surface area contributed by atoms with E-state index in [4.69, 9.17) is 0 Å². The highest BCUT2D eigenvalue weighted by atomic mass is 79.9. The molecule has 32 heavy (non-hydrogen) atoms. The molecule has 5 aromatic rings. The zero-order valence-electron chi connectivity index (χ0n) is 16.9. The number of carbonyl (C=O) groups excluding carboxylic acids is 1. The Hall–Kier alpha value is -3.35. The number of rotatable bonds is 5. The van der Waals surface area contributed by atoms with Crippen molar-refractivity contribution in [3.05, 3.63) is 111 Å². The highest BCUT2D eigenvalue weighted by molar-refractivity contribution is 9.10. The van der Waals surface area contributed by atoms with Crippen molar-refractivity contribution in [2.45, 2.75) is 6.54 Å². The van der Waals surface area contributed by atoms with E-state index in [-0.39, 0.29) is 17.9 Å². The van der Waals surface area contributed by atoms with Gasteiger partial charge in [0.25, 0.3) is 5.56 Å². The van der Waals surface area contributed by atoms with E-state index in [2.05, 4.69) is 20.9 Å². The molecule has 0 radical (unpaired) electrons. The highest BCUT2D eigenvalue weighted by Gasteiger charge is 2.15. The first-order chi connectivity index (χ1) is 15.6. The molecule has 6 heteroatoms. The van der Waals surface area contributed by atoms with Gasteiger partial charge in [-0.15, -0.1) is 11.3 Å². The molecule has 0 N–H and O–H groups in total. The summed E-state index contributed by atoms with van der Waals surface area (Å²) in [5, 5.41) is 2.49. The van der Waals surface area contributed by atoms with Crippen molar-refractivity contribution in [3.63, 3.8) is 0 Å². The molecular weight excluding hydrogens is 484 g/mol. The minimum absolute atomic E-state index is 0.0535. The Morgan fingerprint density at radius 3 is 2.25 bits per heavy atom. The Bertz CT molecular complexity index is 1470. The van der Waals surface area contributed by atoms with E-state index in [0.29, 0.717) is 15.8 Å². The lowest BCUT2D eigenvalue weighted by molar-refractivity contribution is 0.0970. The first-order valence-corrected chi connectivity index (χ1v) is 11.7. The molecule has 0 aliphatic rings. The fraction of sp³-hybridized carbons (Fsp3) is 0.0385. The van der Waals surface area contributed by atoms with Crippen LogP contribution in [0.4, 0.5) is 0 Å². The summed E-state index contributed by atoms with van der Waals surface area (Å²) in [6, 6.07) is 25.3. The summed E-state index contributed by atoms with van der Waals surface area (Å²) < 4.78 is 2.37. The summed E-state index contributed by atoms with van der Waals surface area (Å²) in [6.07, 6.45) is 1.46. The van der Waals surface area contributed by atoms with Crippen LogP contribution in [0.15, 0.2) is 99.8 Å². The van der Waals surface area contributed by atoms with Crippen LogP contribution in [0.1, 0.15) is 10.4 Å². The number of thiophene rings is 1. The molecule has 0 fully saturated rings. The third-order valence-corrected chi connectivity index (χ3v) is 6.76. The zero-order valence-corrected chi connectivity index (χ0v) is 19.3. The summed E-state index contributed by atoms with van der Waals surface area (Å²) >= 11 is 4.87. The lowest BCUT2D eigenvalue weighted by atomic mass is 10.0. The predicted octanol–water partition coefficient (Wildman–Crippen LogP) is 6.44. The molecule has 4 nitrogen and oxygen atoms in total. The third kappa shape index (κ3) is 3.95. The van der Waals surface area contributed by atoms with Crippen LogP contribution in [-0.2, 0) is 6.54 Å². The maximum Gasteiger partial charge on any atom is 0.263 e. The van der Waals surface area contributed by atoms with E-state index in [0.717, 1.165) is 26.7 Å². The van der Waals surface area contributed by atoms with Crippen molar-refractivity contribution in [2.75, 3.05) is 0 Å². The van der Waals surface area contributed by atoms with Crippen molar-refractivity contribution in [3.8, 4) is 22.3 Å². The quantitative estimate of drug-likeness (QED) is 0.261. The van der Waals surface area contributed by atoms with Gasteiger partial charge in [-0.25, -0.2) is 4.98 Å². The molecule has 156 valence electrons. The number of nitrogens with zero attached hydrogens (tertiary/aromatic N) is 2. The summed E-state index contributed by atoms with van der Waals surface area (Å²) in [7, 11) is 0. The molecule has 0 amide bonds. The van der Waals surface area contributed by atoms with Crippen LogP contribution in [0.3, 0.4) is 0 Å². The van der Waals surface area contributed by atoms with Gasteiger partial charge in [0.1, 0.15) is 4.83 Å². The van der Waals surface area contributed by atoms with Crippen LogP contribution in [-0.4, -0.2) is 15.3 Å². The Balaban J connectivity index is 1.44. The smallest absolute Gasteiger partial charge is 0.263 e. The molecule has 0 spiro atoms. The van der Waals surface area contributed by atoms with E-state index in [1.165, 1.54) is 22.2 Å². The molecule has 5 rings (SSSR count). The normalized spacial score (nSPS) is 11.0. The van der Waals surface area contributed by atoms with Gasteiger partial charge in [-0.05, 0) is 28.8 Å². The van der Waals surface area contributed by atoms with Crippen LogP contribution in [0.25, 0.3) is 32.5 Å². The maximum absolute atomic E-state index is 13.2. The highest BCUT2D eigenvalue weighted by Crippen LogP contribution is 2.31. The second kappa shape index (κ2) is 8.65. The first kappa shape index (κ1) is 20.5. The van der Waals surface area contributed by atoms with Crippen LogP contribution < -0.4 is 5.56 Å². The van der Waals surface area contributed by atoms with Gasteiger partial charge in [0.15, 0.2) is 5.78 Å². The number of aromatic nitrogens is 2. The minimum Gasteiger partial charge on any atom is -0.292 e. The molecule has 0 unspecified atom stereocenters. The Labute approximate surface area is 196 Å². The predicted molar refractivity (Wildman–Crippen MR) is 133 cm³/mol. The van der Waals surface area contributed by atoms with E-state index in [1.807, 2.05) is 72.1 Å². The number of hydrogen-bond donors (Lipinski definition) is 0. The summed E-state index contributed by atoms with van der Waals surface area (Å²) in [4.78, 5) is 31.2. The lowest BCUT2D eigenvalue weighted by Crippen LogP contribution is -2.24. The molecule has 0 atom stereocenters. The summed E-state index contributed by atoms with van der Waals surface area (Å²) in [6.45, 7) is -0.0535. The van der Waals surface area contributed by atoms with Crippen molar-refractivity contribution in [2.24, 2.45) is 0 Å². The van der Waals surface area contributed by atoms with Crippen LogP contribution in [0.2, 0.25) is 0 Å². The zero-order chi connectivity index (χ0) is 22.1.